The summed E-state index contributed by atoms with van der Waals surface area (Å²) < 4.78 is 0. The second-order valence-electron chi connectivity index (χ2n) is 6.01. The largest absolute Gasteiger partial charge is 0.369 e. The van der Waals surface area contributed by atoms with E-state index in [-0.39, 0.29) is 0 Å². The average molecular weight is 295 g/mol. The van der Waals surface area contributed by atoms with Crippen LogP contribution in [0.25, 0.3) is 0 Å². The maximum atomic E-state index is 6.44. The molecule has 1 aliphatic heterocycles. The van der Waals surface area contributed by atoms with Crippen LogP contribution < -0.4 is 10.2 Å². The SMILES string of the molecule is CCCNCc1ccc(N2CCCC(C)C2C)cc1Cl. The molecule has 1 aromatic rings. The topological polar surface area (TPSA) is 15.3 Å². The molecule has 3 heteroatoms. The molecule has 2 rings (SSSR count). The van der Waals surface area contributed by atoms with Crippen LogP contribution in [-0.2, 0) is 6.54 Å². The first-order valence-electron chi connectivity index (χ1n) is 7.89. The Bertz CT molecular complexity index is 433. The Kier molecular flexibility index (Phi) is 5.74. The highest BCUT2D eigenvalue weighted by molar-refractivity contribution is 6.31. The van der Waals surface area contributed by atoms with Gasteiger partial charge in [-0.1, -0.05) is 31.5 Å². The summed E-state index contributed by atoms with van der Waals surface area (Å²) in [5.41, 5.74) is 2.47. The van der Waals surface area contributed by atoms with Gasteiger partial charge in [0, 0.05) is 29.8 Å². The summed E-state index contributed by atoms with van der Waals surface area (Å²) in [6, 6.07) is 7.14. The molecule has 0 amide bonds. The van der Waals surface area contributed by atoms with E-state index >= 15 is 0 Å². The lowest BCUT2D eigenvalue weighted by Crippen LogP contribution is -2.42. The Morgan fingerprint density at radius 2 is 2.15 bits per heavy atom. The van der Waals surface area contributed by atoms with Crippen LogP contribution in [0.4, 0.5) is 5.69 Å². The highest BCUT2D eigenvalue weighted by Gasteiger charge is 2.25. The van der Waals surface area contributed by atoms with Crippen molar-refractivity contribution in [2.45, 2.75) is 52.6 Å². The molecule has 112 valence electrons. The molecule has 1 heterocycles. The van der Waals surface area contributed by atoms with Crippen molar-refractivity contribution >= 4 is 17.3 Å². The van der Waals surface area contributed by atoms with E-state index in [2.05, 4.69) is 49.2 Å². The van der Waals surface area contributed by atoms with Crippen molar-refractivity contribution in [3.05, 3.63) is 28.8 Å². The molecule has 1 saturated heterocycles. The summed E-state index contributed by atoms with van der Waals surface area (Å²) in [6.45, 7) is 9.90. The first kappa shape index (κ1) is 15.7. The lowest BCUT2D eigenvalue weighted by atomic mass is 9.91. The van der Waals surface area contributed by atoms with Gasteiger partial charge in [-0.15, -0.1) is 0 Å². The Hall–Kier alpha value is -0.730. The smallest absolute Gasteiger partial charge is 0.0471 e. The van der Waals surface area contributed by atoms with Crippen LogP contribution >= 0.6 is 11.6 Å². The number of hydrogen-bond acceptors (Lipinski definition) is 2. The Morgan fingerprint density at radius 1 is 1.35 bits per heavy atom. The monoisotopic (exact) mass is 294 g/mol. The van der Waals surface area contributed by atoms with Gasteiger partial charge in [-0.25, -0.2) is 0 Å². The van der Waals surface area contributed by atoms with Crippen LogP contribution in [0.5, 0.6) is 0 Å². The van der Waals surface area contributed by atoms with Gasteiger partial charge in [0.2, 0.25) is 0 Å². The Labute approximate surface area is 128 Å². The van der Waals surface area contributed by atoms with E-state index in [4.69, 9.17) is 11.6 Å². The van der Waals surface area contributed by atoms with Gasteiger partial charge in [0.1, 0.15) is 0 Å². The lowest BCUT2D eigenvalue weighted by Gasteiger charge is -2.39. The number of rotatable bonds is 5. The third-order valence-corrected chi connectivity index (χ3v) is 4.84. The minimum absolute atomic E-state index is 0.601. The normalized spacial score (nSPS) is 23.1. The summed E-state index contributed by atoms with van der Waals surface area (Å²) in [6.07, 6.45) is 3.77. The molecule has 0 spiro atoms. The fraction of sp³-hybridized carbons (Fsp3) is 0.647. The van der Waals surface area contributed by atoms with Crippen LogP contribution in [0.1, 0.15) is 45.6 Å². The fourth-order valence-corrected chi connectivity index (χ4v) is 3.20. The standard InChI is InChI=1S/C17H27ClN2/c1-4-9-19-12-15-7-8-16(11-17(15)18)20-10-5-6-13(2)14(20)3/h7-8,11,13-14,19H,4-6,9-10,12H2,1-3H3. The molecule has 0 radical (unpaired) electrons. The quantitative estimate of drug-likeness (QED) is 0.806. The second kappa shape index (κ2) is 7.33. The number of piperidine rings is 1. The third-order valence-electron chi connectivity index (χ3n) is 4.48. The van der Waals surface area contributed by atoms with Crippen LogP contribution in [0.2, 0.25) is 5.02 Å². The minimum atomic E-state index is 0.601. The van der Waals surface area contributed by atoms with E-state index in [1.807, 2.05) is 0 Å². The van der Waals surface area contributed by atoms with Crippen molar-refractivity contribution in [3.63, 3.8) is 0 Å². The van der Waals surface area contributed by atoms with E-state index in [1.165, 1.54) is 24.1 Å². The van der Waals surface area contributed by atoms with Crippen LogP contribution in [-0.4, -0.2) is 19.1 Å². The third kappa shape index (κ3) is 3.67. The van der Waals surface area contributed by atoms with Gasteiger partial charge in [-0.05, 0) is 56.3 Å². The minimum Gasteiger partial charge on any atom is -0.369 e. The summed E-state index contributed by atoms with van der Waals surface area (Å²) in [5.74, 6) is 0.758. The molecule has 0 saturated carbocycles. The van der Waals surface area contributed by atoms with Gasteiger partial charge in [-0.2, -0.15) is 0 Å². The maximum Gasteiger partial charge on any atom is 0.0471 e. The number of nitrogens with zero attached hydrogens (tertiary/aromatic N) is 1. The molecular formula is C17H27ClN2. The van der Waals surface area contributed by atoms with E-state index in [0.717, 1.165) is 37.0 Å². The second-order valence-corrected chi connectivity index (χ2v) is 6.41. The van der Waals surface area contributed by atoms with E-state index in [0.29, 0.717) is 6.04 Å². The molecule has 1 aromatic carbocycles. The fourth-order valence-electron chi connectivity index (χ4n) is 2.96. The van der Waals surface area contributed by atoms with E-state index in [9.17, 15) is 0 Å². The van der Waals surface area contributed by atoms with Crippen molar-refractivity contribution in [2.75, 3.05) is 18.0 Å². The lowest BCUT2D eigenvalue weighted by molar-refractivity contribution is 0.363. The summed E-state index contributed by atoms with van der Waals surface area (Å²) in [5, 5.41) is 4.29. The Balaban J connectivity index is 2.08. The van der Waals surface area contributed by atoms with Crippen molar-refractivity contribution in [3.8, 4) is 0 Å². The van der Waals surface area contributed by atoms with Crippen LogP contribution in [0.3, 0.4) is 0 Å². The van der Waals surface area contributed by atoms with Gasteiger partial charge < -0.3 is 10.2 Å². The highest BCUT2D eigenvalue weighted by atomic mass is 35.5. The highest BCUT2D eigenvalue weighted by Crippen LogP contribution is 2.31. The number of hydrogen-bond donors (Lipinski definition) is 1. The number of anilines is 1. The predicted molar refractivity (Wildman–Crippen MR) is 88.7 cm³/mol. The summed E-state index contributed by atoms with van der Waals surface area (Å²) in [7, 11) is 0. The van der Waals surface area contributed by atoms with Gasteiger partial charge >= 0.3 is 0 Å². The average Bonchev–Trinajstić information content (AvgIpc) is 2.44. The predicted octanol–water partition coefficient (Wildman–Crippen LogP) is 4.46. The van der Waals surface area contributed by atoms with Crippen molar-refractivity contribution in [1.82, 2.24) is 5.32 Å². The van der Waals surface area contributed by atoms with E-state index in [1.54, 1.807) is 0 Å². The molecule has 2 atom stereocenters. The zero-order valence-electron chi connectivity index (χ0n) is 13.0. The van der Waals surface area contributed by atoms with E-state index < -0.39 is 0 Å². The van der Waals surface area contributed by atoms with Gasteiger partial charge in [0.05, 0.1) is 0 Å². The van der Waals surface area contributed by atoms with Crippen molar-refractivity contribution in [1.29, 1.82) is 0 Å². The first-order chi connectivity index (χ1) is 9.63. The van der Waals surface area contributed by atoms with Gasteiger partial charge in [0.15, 0.2) is 0 Å². The zero-order chi connectivity index (χ0) is 14.5. The molecule has 0 bridgehead atoms. The van der Waals surface area contributed by atoms with Crippen LogP contribution in [0, 0.1) is 5.92 Å². The maximum absolute atomic E-state index is 6.44. The Morgan fingerprint density at radius 3 is 2.85 bits per heavy atom. The molecule has 1 fully saturated rings. The van der Waals surface area contributed by atoms with Crippen molar-refractivity contribution < 1.29 is 0 Å². The summed E-state index contributed by atoms with van der Waals surface area (Å²) in [4.78, 5) is 2.50. The molecule has 0 aromatic heterocycles. The molecule has 1 N–H and O–H groups in total. The molecular weight excluding hydrogens is 268 g/mol. The van der Waals surface area contributed by atoms with Crippen LogP contribution in [0.15, 0.2) is 18.2 Å². The molecule has 2 nitrogen and oxygen atoms in total. The molecule has 20 heavy (non-hydrogen) atoms. The molecule has 0 aliphatic carbocycles. The summed E-state index contributed by atoms with van der Waals surface area (Å²) >= 11 is 6.44. The molecule has 2 unspecified atom stereocenters. The number of benzene rings is 1. The molecule has 1 aliphatic rings. The first-order valence-corrected chi connectivity index (χ1v) is 8.27. The van der Waals surface area contributed by atoms with Gasteiger partial charge in [0.25, 0.3) is 0 Å². The van der Waals surface area contributed by atoms with Gasteiger partial charge in [-0.3, -0.25) is 0 Å². The zero-order valence-corrected chi connectivity index (χ0v) is 13.7. The van der Waals surface area contributed by atoms with Crippen molar-refractivity contribution in [2.24, 2.45) is 5.92 Å². The number of halogens is 1. The number of nitrogens with one attached hydrogen (secondary N) is 1.